The van der Waals surface area contributed by atoms with E-state index in [4.69, 9.17) is 23.2 Å². The summed E-state index contributed by atoms with van der Waals surface area (Å²) in [5.41, 5.74) is 1.51. The van der Waals surface area contributed by atoms with Crippen molar-refractivity contribution in [1.29, 1.82) is 0 Å². The van der Waals surface area contributed by atoms with Gasteiger partial charge in [0.25, 0.3) is 5.69 Å². The molecule has 1 saturated heterocycles. The molecule has 0 aromatic heterocycles. The van der Waals surface area contributed by atoms with Crippen molar-refractivity contribution >= 4 is 40.5 Å². The number of likely N-dealkylation sites (tertiary alicyclic amines) is 1. The Hall–Kier alpha value is -2.31. The second-order valence-corrected chi connectivity index (χ2v) is 7.38. The van der Waals surface area contributed by atoms with Gasteiger partial charge >= 0.3 is 0 Å². The van der Waals surface area contributed by atoms with E-state index in [1.54, 1.807) is 0 Å². The lowest BCUT2D eigenvalue weighted by Crippen LogP contribution is -2.28. The molecule has 0 saturated carbocycles. The molecule has 27 heavy (non-hydrogen) atoms. The normalized spacial score (nSPS) is 16.6. The number of non-ortho nitro benzene ring substituents is 1. The van der Waals surface area contributed by atoms with Gasteiger partial charge in [-0.25, -0.2) is 0 Å². The van der Waals surface area contributed by atoms with Gasteiger partial charge in [-0.3, -0.25) is 14.9 Å². The third-order valence-corrected chi connectivity index (χ3v) is 5.21. The maximum atomic E-state index is 12.2. The number of nitro benzene ring substituents is 1. The Labute approximate surface area is 167 Å². The van der Waals surface area contributed by atoms with Crippen molar-refractivity contribution in [3.8, 4) is 0 Å². The fourth-order valence-electron chi connectivity index (χ4n) is 3.20. The fourth-order valence-corrected chi connectivity index (χ4v) is 3.81. The summed E-state index contributed by atoms with van der Waals surface area (Å²) in [6.45, 7) is 1.88. The van der Waals surface area contributed by atoms with E-state index in [0.29, 0.717) is 31.7 Å². The average molecular weight is 408 g/mol. The summed E-state index contributed by atoms with van der Waals surface area (Å²) >= 11 is 12.2. The van der Waals surface area contributed by atoms with Gasteiger partial charge in [0.05, 0.1) is 20.7 Å². The highest BCUT2D eigenvalue weighted by Gasteiger charge is 2.29. The van der Waals surface area contributed by atoms with Crippen molar-refractivity contribution in [3.63, 3.8) is 0 Å². The molecule has 1 fully saturated rings. The lowest BCUT2D eigenvalue weighted by atomic mass is 10.1. The first-order chi connectivity index (χ1) is 12.9. The summed E-state index contributed by atoms with van der Waals surface area (Å²) in [6.07, 6.45) is 1.29. The highest BCUT2D eigenvalue weighted by Crippen LogP contribution is 2.35. The number of anilines is 1. The van der Waals surface area contributed by atoms with Crippen molar-refractivity contribution < 1.29 is 9.72 Å². The largest absolute Gasteiger partial charge is 0.382 e. The third kappa shape index (κ3) is 4.90. The number of amides is 1. The Balaban J connectivity index is 1.55. The molecule has 0 bridgehead atoms. The van der Waals surface area contributed by atoms with E-state index in [2.05, 4.69) is 17.4 Å². The summed E-state index contributed by atoms with van der Waals surface area (Å²) < 4.78 is 0. The first kappa shape index (κ1) is 19.5. The minimum atomic E-state index is -0.540. The second kappa shape index (κ2) is 8.59. The van der Waals surface area contributed by atoms with Crippen LogP contribution < -0.4 is 5.32 Å². The Morgan fingerprint density at radius 3 is 2.48 bits per heavy atom. The van der Waals surface area contributed by atoms with Crippen LogP contribution in [0.5, 0.6) is 0 Å². The molecule has 142 valence electrons. The van der Waals surface area contributed by atoms with Gasteiger partial charge in [0.15, 0.2) is 0 Å². The number of nitrogens with one attached hydrogen (secondary N) is 1. The van der Waals surface area contributed by atoms with Gasteiger partial charge in [0.2, 0.25) is 5.91 Å². The van der Waals surface area contributed by atoms with Gasteiger partial charge in [-0.05, 0) is 12.0 Å². The monoisotopic (exact) mass is 407 g/mol. The summed E-state index contributed by atoms with van der Waals surface area (Å²) in [5.74, 6) is 0.272. The van der Waals surface area contributed by atoms with Crippen LogP contribution in [0.25, 0.3) is 0 Å². The Morgan fingerprint density at radius 1 is 1.19 bits per heavy atom. The highest BCUT2D eigenvalue weighted by atomic mass is 35.5. The van der Waals surface area contributed by atoms with Crippen LogP contribution in [-0.2, 0) is 11.2 Å². The van der Waals surface area contributed by atoms with E-state index < -0.39 is 4.92 Å². The van der Waals surface area contributed by atoms with Crippen molar-refractivity contribution in [2.24, 2.45) is 5.92 Å². The minimum absolute atomic E-state index is 0.135. The summed E-state index contributed by atoms with van der Waals surface area (Å²) in [6, 6.07) is 12.6. The standard InChI is InChI=1S/C19H19Cl2N3O3/c20-16-9-15(24(26)27)10-17(21)19(16)22-11-14-8-18(25)23(12-14)7-6-13-4-2-1-3-5-13/h1-5,9-10,14,22H,6-8,11-12H2. The maximum absolute atomic E-state index is 12.2. The van der Waals surface area contributed by atoms with E-state index in [1.807, 2.05) is 23.1 Å². The van der Waals surface area contributed by atoms with Gasteiger partial charge in [0.1, 0.15) is 0 Å². The predicted octanol–water partition coefficient (Wildman–Crippen LogP) is 4.40. The molecule has 2 aromatic rings. The molecule has 1 aliphatic heterocycles. The number of hydrogen-bond donors (Lipinski definition) is 1. The van der Waals surface area contributed by atoms with Gasteiger partial charge < -0.3 is 10.2 Å². The quantitative estimate of drug-likeness (QED) is 0.544. The van der Waals surface area contributed by atoms with Crippen molar-refractivity contribution in [2.45, 2.75) is 12.8 Å². The molecule has 1 amide bonds. The molecule has 3 rings (SSSR count). The number of nitrogens with zero attached hydrogens (tertiary/aromatic N) is 2. The maximum Gasteiger partial charge on any atom is 0.272 e. The van der Waals surface area contributed by atoms with Crippen molar-refractivity contribution in [3.05, 3.63) is 68.2 Å². The Morgan fingerprint density at radius 2 is 1.85 bits per heavy atom. The zero-order chi connectivity index (χ0) is 19.4. The molecule has 1 unspecified atom stereocenters. The van der Waals surface area contributed by atoms with Gasteiger partial charge in [-0.15, -0.1) is 0 Å². The first-order valence-electron chi connectivity index (χ1n) is 8.63. The molecule has 8 heteroatoms. The zero-order valence-electron chi connectivity index (χ0n) is 14.5. The average Bonchev–Trinajstić information content (AvgIpc) is 2.99. The van der Waals surface area contributed by atoms with E-state index in [1.165, 1.54) is 17.7 Å². The number of carbonyl (C=O) groups excluding carboxylic acids is 1. The van der Waals surface area contributed by atoms with Gasteiger partial charge in [-0.2, -0.15) is 0 Å². The van der Waals surface area contributed by atoms with E-state index in [0.717, 1.165) is 6.42 Å². The molecule has 0 radical (unpaired) electrons. The van der Waals surface area contributed by atoms with Crippen LogP contribution in [0.15, 0.2) is 42.5 Å². The molecule has 0 spiro atoms. The SMILES string of the molecule is O=C1CC(CNc2c(Cl)cc([N+](=O)[O-])cc2Cl)CN1CCc1ccccc1. The first-order valence-corrected chi connectivity index (χ1v) is 9.38. The number of benzene rings is 2. The summed E-state index contributed by atoms with van der Waals surface area (Å²) in [5, 5.41) is 14.4. The number of hydrogen-bond acceptors (Lipinski definition) is 4. The minimum Gasteiger partial charge on any atom is -0.382 e. The third-order valence-electron chi connectivity index (χ3n) is 4.61. The molecule has 1 N–H and O–H groups in total. The molecule has 2 aromatic carbocycles. The van der Waals surface area contributed by atoms with E-state index in [-0.39, 0.29) is 27.6 Å². The van der Waals surface area contributed by atoms with E-state index in [9.17, 15) is 14.9 Å². The molecule has 1 heterocycles. The number of rotatable bonds is 7. The van der Waals surface area contributed by atoms with Crippen LogP contribution >= 0.6 is 23.2 Å². The van der Waals surface area contributed by atoms with Crippen LogP contribution in [0.3, 0.4) is 0 Å². The van der Waals surface area contributed by atoms with Crippen LogP contribution in [0.1, 0.15) is 12.0 Å². The van der Waals surface area contributed by atoms with Gasteiger partial charge in [0, 0.05) is 44.1 Å². The molecule has 6 nitrogen and oxygen atoms in total. The van der Waals surface area contributed by atoms with Gasteiger partial charge in [-0.1, -0.05) is 53.5 Å². The van der Waals surface area contributed by atoms with Crippen molar-refractivity contribution in [2.75, 3.05) is 25.0 Å². The molecular formula is C19H19Cl2N3O3. The Kier molecular flexibility index (Phi) is 6.19. The highest BCUT2D eigenvalue weighted by molar-refractivity contribution is 6.39. The van der Waals surface area contributed by atoms with E-state index >= 15 is 0 Å². The van der Waals surface area contributed by atoms with Crippen LogP contribution in [0.4, 0.5) is 11.4 Å². The second-order valence-electron chi connectivity index (χ2n) is 6.57. The zero-order valence-corrected chi connectivity index (χ0v) is 16.0. The smallest absolute Gasteiger partial charge is 0.272 e. The van der Waals surface area contributed by atoms with Crippen LogP contribution in [0.2, 0.25) is 10.0 Å². The fraction of sp³-hybridized carbons (Fsp3) is 0.316. The molecule has 1 atom stereocenters. The topological polar surface area (TPSA) is 75.5 Å². The predicted molar refractivity (Wildman–Crippen MR) is 106 cm³/mol. The van der Waals surface area contributed by atoms with Crippen LogP contribution in [0, 0.1) is 16.0 Å². The number of nitro groups is 1. The summed E-state index contributed by atoms with van der Waals surface area (Å²) in [4.78, 5) is 24.4. The van der Waals surface area contributed by atoms with Crippen LogP contribution in [-0.4, -0.2) is 35.4 Å². The molecule has 1 aliphatic rings. The lowest BCUT2D eigenvalue weighted by Gasteiger charge is -2.17. The molecular weight excluding hydrogens is 389 g/mol. The number of carbonyl (C=O) groups is 1. The van der Waals surface area contributed by atoms with Crippen molar-refractivity contribution in [1.82, 2.24) is 4.90 Å². The number of halogens is 2. The molecule has 0 aliphatic carbocycles. The summed E-state index contributed by atoms with van der Waals surface area (Å²) in [7, 11) is 0. The Bertz CT molecular complexity index is 822. The lowest BCUT2D eigenvalue weighted by molar-refractivity contribution is -0.384.